The quantitative estimate of drug-likeness (QED) is 0.814. The van der Waals surface area contributed by atoms with Crippen LogP contribution < -0.4 is 0 Å². The van der Waals surface area contributed by atoms with Gasteiger partial charge >= 0.3 is 12.1 Å². The number of aromatic nitrogens is 2. The number of esters is 1. The van der Waals surface area contributed by atoms with Gasteiger partial charge in [0.2, 0.25) is 0 Å². The highest BCUT2D eigenvalue weighted by Crippen LogP contribution is 2.28. The lowest BCUT2D eigenvalue weighted by Gasteiger charge is -2.04. The normalized spacial score (nSPS) is 11.4. The molecular formula is C13H11F3N2O2. The van der Waals surface area contributed by atoms with Gasteiger partial charge in [-0.3, -0.25) is 4.68 Å². The summed E-state index contributed by atoms with van der Waals surface area (Å²) < 4.78 is 43.0. The molecule has 0 radical (unpaired) electrons. The number of carbonyl (C=O) groups excluding carboxylic acids is 1. The van der Waals surface area contributed by atoms with Crippen molar-refractivity contribution in [2.75, 3.05) is 7.11 Å². The molecule has 0 amide bonds. The van der Waals surface area contributed by atoms with Crippen molar-refractivity contribution in [1.82, 2.24) is 9.78 Å². The van der Waals surface area contributed by atoms with Crippen LogP contribution in [0.5, 0.6) is 0 Å². The summed E-state index contributed by atoms with van der Waals surface area (Å²) in [7, 11) is 1.28. The highest BCUT2D eigenvalue weighted by Gasteiger charge is 2.32. The second-order valence-electron chi connectivity index (χ2n) is 4.11. The molecule has 106 valence electrons. The molecule has 1 heterocycles. The molecule has 4 nitrogen and oxygen atoms in total. The molecule has 2 aromatic rings. The molecule has 2 rings (SSSR count). The number of benzene rings is 1. The van der Waals surface area contributed by atoms with E-state index >= 15 is 0 Å². The molecule has 0 fully saturated rings. The predicted octanol–water partition coefficient (Wildman–Crippen LogP) is 2.74. The van der Waals surface area contributed by atoms with E-state index in [1.165, 1.54) is 11.8 Å². The molecule has 0 N–H and O–H groups in total. The Hall–Kier alpha value is -2.31. The molecule has 1 aromatic heterocycles. The van der Waals surface area contributed by atoms with E-state index < -0.39 is 17.7 Å². The highest BCUT2D eigenvalue weighted by atomic mass is 19.4. The van der Waals surface area contributed by atoms with Crippen molar-refractivity contribution in [3.63, 3.8) is 0 Å². The van der Waals surface area contributed by atoms with Crippen LogP contribution in [0.25, 0.3) is 0 Å². The molecule has 0 saturated heterocycles. The number of nitrogens with zero attached hydrogens (tertiary/aromatic N) is 2. The molecule has 1 aromatic carbocycles. The van der Waals surface area contributed by atoms with Crippen LogP contribution >= 0.6 is 0 Å². The topological polar surface area (TPSA) is 44.1 Å². The first-order chi connectivity index (χ1) is 9.40. The molecular weight excluding hydrogens is 273 g/mol. The summed E-state index contributed by atoms with van der Waals surface area (Å²) in [5.74, 6) is -0.463. The first-order valence-electron chi connectivity index (χ1n) is 5.67. The third-order valence-electron chi connectivity index (χ3n) is 2.68. The van der Waals surface area contributed by atoms with Gasteiger partial charge in [0.1, 0.15) is 0 Å². The van der Waals surface area contributed by atoms with Crippen molar-refractivity contribution in [3.05, 3.63) is 53.3 Å². The minimum atomic E-state index is -4.40. The summed E-state index contributed by atoms with van der Waals surface area (Å²) in [5, 5.41) is 3.66. The summed E-state index contributed by atoms with van der Waals surface area (Å²) in [5.41, 5.74) is 0.325. The van der Waals surface area contributed by atoms with Crippen LogP contribution in [0.1, 0.15) is 21.5 Å². The first kappa shape index (κ1) is 14.1. The Balaban J connectivity index is 2.10. The largest absolute Gasteiger partial charge is 0.465 e. The van der Waals surface area contributed by atoms with Gasteiger partial charge in [-0.25, -0.2) is 4.79 Å². The monoisotopic (exact) mass is 284 g/mol. The number of hydrogen-bond donors (Lipinski definition) is 0. The SMILES string of the molecule is COC(=O)c1ccc(Cn2cc(C(F)(F)F)cn2)cc1. The lowest BCUT2D eigenvalue weighted by atomic mass is 10.1. The molecule has 7 heteroatoms. The maximum atomic E-state index is 12.4. The number of ether oxygens (including phenoxy) is 1. The predicted molar refractivity (Wildman–Crippen MR) is 64.1 cm³/mol. The molecule has 20 heavy (non-hydrogen) atoms. The number of halogens is 3. The van der Waals surface area contributed by atoms with E-state index in [-0.39, 0.29) is 6.54 Å². The summed E-state index contributed by atoms with van der Waals surface area (Å²) in [6.07, 6.45) is -2.68. The maximum Gasteiger partial charge on any atom is 0.419 e. The van der Waals surface area contributed by atoms with Crippen LogP contribution in [0.3, 0.4) is 0 Å². The second-order valence-corrected chi connectivity index (χ2v) is 4.11. The van der Waals surface area contributed by atoms with Crippen molar-refractivity contribution in [2.24, 2.45) is 0 Å². The standard InChI is InChI=1S/C13H11F3N2O2/c1-20-12(19)10-4-2-9(3-5-10)7-18-8-11(6-17-18)13(14,15)16/h2-6,8H,7H2,1H3. The number of carbonyl (C=O) groups is 1. The van der Waals surface area contributed by atoms with Crippen LogP contribution in [-0.4, -0.2) is 22.9 Å². The lowest BCUT2D eigenvalue weighted by molar-refractivity contribution is -0.137. The lowest BCUT2D eigenvalue weighted by Crippen LogP contribution is -2.04. The van der Waals surface area contributed by atoms with Crippen LogP contribution in [0.2, 0.25) is 0 Å². The van der Waals surface area contributed by atoms with Crippen LogP contribution in [0.4, 0.5) is 13.2 Å². The average molecular weight is 284 g/mol. The van der Waals surface area contributed by atoms with E-state index in [1.54, 1.807) is 24.3 Å². The van der Waals surface area contributed by atoms with Gasteiger partial charge in [-0.1, -0.05) is 12.1 Å². The molecule has 0 spiro atoms. The Labute approximate surface area is 112 Å². The van der Waals surface area contributed by atoms with Gasteiger partial charge in [0, 0.05) is 6.20 Å². The summed E-state index contributed by atoms with van der Waals surface area (Å²) >= 11 is 0. The van der Waals surface area contributed by atoms with Crippen LogP contribution in [-0.2, 0) is 17.5 Å². The third-order valence-corrected chi connectivity index (χ3v) is 2.68. The van der Waals surface area contributed by atoms with E-state index in [2.05, 4.69) is 9.84 Å². The van der Waals surface area contributed by atoms with E-state index in [1.807, 2.05) is 0 Å². The van der Waals surface area contributed by atoms with Crippen molar-refractivity contribution in [2.45, 2.75) is 12.7 Å². The fourth-order valence-electron chi connectivity index (χ4n) is 1.65. The Morgan fingerprint density at radius 2 is 1.95 bits per heavy atom. The van der Waals surface area contributed by atoms with Crippen LogP contribution in [0, 0.1) is 0 Å². The number of hydrogen-bond acceptors (Lipinski definition) is 3. The van der Waals surface area contributed by atoms with Gasteiger partial charge in [0.15, 0.2) is 0 Å². The fraction of sp³-hybridized carbons (Fsp3) is 0.231. The Morgan fingerprint density at radius 1 is 1.30 bits per heavy atom. The Kier molecular flexibility index (Phi) is 3.78. The summed E-state index contributed by atoms with van der Waals surface area (Å²) in [6.45, 7) is 0.192. The molecule has 0 aliphatic heterocycles. The molecule has 0 aliphatic carbocycles. The number of alkyl halides is 3. The molecule has 0 saturated carbocycles. The number of methoxy groups -OCH3 is 1. The number of rotatable bonds is 3. The van der Waals surface area contributed by atoms with Gasteiger partial charge in [-0.15, -0.1) is 0 Å². The van der Waals surface area contributed by atoms with E-state index in [0.29, 0.717) is 5.56 Å². The first-order valence-corrected chi connectivity index (χ1v) is 5.67. The zero-order chi connectivity index (χ0) is 14.8. The molecule has 0 aliphatic rings. The summed E-state index contributed by atoms with van der Waals surface area (Å²) in [6, 6.07) is 6.38. The molecule has 0 bridgehead atoms. The molecule has 0 unspecified atom stereocenters. The van der Waals surface area contributed by atoms with Crippen molar-refractivity contribution in [1.29, 1.82) is 0 Å². The average Bonchev–Trinajstić information content (AvgIpc) is 2.87. The van der Waals surface area contributed by atoms with Gasteiger partial charge < -0.3 is 4.74 Å². The van der Waals surface area contributed by atoms with E-state index in [0.717, 1.165) is 18.0 Å². The Bertz CT molecular complexity index is 603. The van der Waals surface area contributed by atoms with Crippen molar-refractivity contribution in [3.8, 4) is 0 Å². The van der Waals surface area contributed by atoms with Crippen molar-refractivity contribution < 1.29 is 22.7 Å². The van der Waals surface area contributed by atoms with Gasteiger partial charge in [-0.05, 0) is 17.7 Å². The maximum absolute atomic E-state index is 12.4. The van der Waals surface area contributed by atoms with Crippen molar-refractivity contribution >= 4 is 5.97 Å². The summed E-state index contributed by atoms with van der Waals surface area (Å²) in [4.78, 5) is 11.2. The highest BCUT2D eigenvalue weighted by molar-refractivity contribution is 5.89. The minimum Gasteiger partial charge on any atom is -0.465 e. The zero-order valence-electron chi connectivity index (χ0n) is 10.5. The minimum absolute atomic E-state index is 0.192. The third kappa shape index (κ3) is 3.17. The van der Waals surface area contributed by atoms with Gasteiger partial charge in [-0.2, -0.15) is 18.3 Å². The van der Waals surface area contributed by atoms with Gasteiger partial charge in [0.25, 0.3) is 0 Å². The molecule has 0 atom stereocenters. The smallest absolute Gasteiger partial charge is 0.419 e. The Morgan fingerprint density at radius 3 is 2.45 bits per heavy atom. The van der Waals surface area contributed by atoms with E-state index in [4.69, 9.17) is 0 Å². The second kappa shape index (κ2) is 5.36. The zero-order valence-corrected chi connectivity index (χ0v) is 10.5. The van der Waals surface area contributed by atoms with Gasteiger partial charge in [0.05, 0.1) is 31.0 Å². The van der Waals surface area contributed by atoms with Crippen LogP contribution in [0.15, 0.2) is 36.7 Å². The van der Waals surface area contributed by atoms with E-state index in [9.17, 15) is 18.0 Å². The fourth-order valence-corrected chi connectivity index (χ4v) is 1.65.